The van der Waals surface area contributed by atoms with Crippen molar-refractivity contribution in [2.75, 3.05) is 23.7 Å². The van der Waals surface area contributed by atoms with Crippen LogP contribution in [-0.2, 0) is 6.54 Å². The van der Waals surface area contributed by atoms with Gasteiger partial charge in [0.1, 0.15) is 11.5 Å². The van der Waals surface area contributed by atoms with Crippen LogP contribution in [0.3, 0.4) is 0 Å². The number of nitrogens with two attached hydrogens (primary N) is 1. The molecule has 4 aromatic rings. The highest BCUT2D eigenvalue weighted by Gasteiger charge is 2.22. The molecule has 1 saturated heterocycles. The smallest absolute Gasteiger partial charge is 0.321 e. The first kappa shape index (κ1) is 23.0. The summed E-state index contributed by atoms with van der Waals surface area (Å²) in [5.74, 6) is 0.215. The van der Waals surface area contributed by atoms with E-state index in [-0.39, 0.29) is 18.0 Å². The van der Waals surface area contributed by atoms with Crippen LogP contribution in [0.1, 0.15) is 34.5 Å². The van der Waals surface area contributed by atoms with E-state index in [2.05, 4.69) is 25.9 Å². The van der Waals surface area contributed by atoms with Gasteiger partial charge in [0, 0.05) is 24.3 Å². The number of carbonyl (C=O) groups excluding carboxylic acids is 2. The molecule has 3 amide bonds. The number of rotatable bonds is 7. The lowest BCUT2D eigenvalue weighted by atomic mass is 10.0. The average molecular weight is 483 g/mol. The molecule has 1 unspecified atom stereocenters. The molecular weight excluding hydrogens is 456 g/mol. The number of anilines is 2. The molecule has 0 radical (unpaired) electrons. The molecule has 0 spiro atoms. The fraction of sp³-hybridized carbons (Fsp3) is 0.192. The monoisotopic (exact) mass is 482 g/mol. The van der Waals surface area contributed by atoms with Crippen molar-refractivity contribution in [1.29, 1.82) is 0 Å². The van der Waals surface area contributed by atoms with Crippen molar-refractivity contribution in [3.8, 4) is 11.4 Å². The Kier molecular flexibility index (Phi) is 6.31. The van der Waals surface area contributed by atoms with Crippen LogP contribution in [-0.4, -0.2) is 45.0 Å². The van der Waals surface area contributed by atoms with Gasteiger partial charge >= 0.3 is 6.03 Å². The third kappa shape index (κ3) is 4.88. The topological polar surface area (TPSA) is 131 Å². The van der Waals surface area contributed by atoms with Crippen LogP contribution >= 0.6 is 0 Å². The predicted octanol–water partition coefficient (Wildman–Crippen LogP) is 2.99. The molecular formula is C26H26N8O2. The van der Waals surface area contributed by atoms with E-state index in [9.17, 15) is 9.59 Å². The molecule has 10 heteroatoms. The number of carbonyl (C=O) groups is 2. The van der Waals surface area contributed by atoms with Gasteiger partial charge in [-0.1, -0.05) is 41.6 Å². The van der Waals surface area contributed by atoms with Gasteiger partial charge in [-0.3, -0.25) is 9.69 Å². The minimum Gasteiger partial charge on any atom is -0.384 e. The number of amides is 3. The fourth-order valence-corrected chi connectivity index (χ4v) is 4.18. The first-order valence-electron chi connectivity index (χ1n) is 11.6. The second-order valence-corrected chi connectivity index (χ2v) is 8.58. The highest BCUT2D eigenvalue weighted by Crippen LogP contribution is 2.23. The summed E-state index contributed by atoms with van der Waals surface area (Å²) in [5.41, 5.74) is 10.1. The Labute approximate surface area is 208 Å². The molecule has 1 atom stereocenters. The molecule has 0 saturated carbocycles. The minimum atomic E-state index is -0.260. The van der Waals surface area contributed by atoms with E-state index in [1.165, 1.54) is 0 Å². The zero-order valence-electron chi connectivity index (χ0n) is 19.8. The van der Waals surface area contributed by atoms with Crippen molar-refractivity contribution in [1.82, 2.24) is 30.6 Å². The lowest BCUT2D eigenvalue weighted by Gasteiger charge is -2.19. The molecule has 10 nitrogen and oxygen atoms in total. The number of pyridine rings is 1. The van der Waals surface area contributed by atoms with Gasteiger partial charge in [0.05, 0.1) is 24.5 Å². The van der Waals surface area contributed by atoms with Gasteiger partial charge in [-0.05, 0) is 48.4 Å². The summed E-state index contributed by atoms with van der Waals surface area (Å²) in [5, 5.41) is 14.3. The number of nitrogen functional groups attached to an aromatic ring is 1. The van der Waals surface area contributed by atoms with Crippen molar-refractivity contribution in [2.45, 2.75) is 19.5 Å². The standard InChI is InChI=1S/C26H26N8O2/c1-17(18-7-4-8-20(14-18)34-13-12-28-26(34)36)29-25(35)21-9-3-2-6-19(21)15-33-16-23(31-32-33)22-10-5-11-24(27)30-22/h2-11,14,16-17H,12-13,15H2,1H3,(H2,27,30)(H,28,36)(H,29,35). The zero-order valence-corrected chi connectivity index (χ0v) is 19.8. The van der Waals surface area contributed by atoms with Gasteiger partial charge in [-0.25, -0.2) is 14.5 Å². The molecule has 36 heavy (non-hydrogen) atoms. The summed E-state index contributed by atoms with van der Waals surface area (Å²) >= 11 is 0. The molecule has 1 aliphatic rings. The first-order chi connectivity index (χ1) is 17.5. The van der Waals surface area contributed by atoms with Crippen LogP contribution in [0.25, 0.3) is 11.4 Å². The van der Waals surface area contributed by atoms with E-state index < -0.39 is 0 Å². The third-order valence-corrected chi connectivity index (χ3v) is 6.05. The lowest BCUT2D eigenvalue weighted by molar-refractivity contribution is 0.0938. The van der Waals surface area contributed by atoms with Gasteiger partial charge in [0.2, 0.25) is 0 Å². The summed E-state index contributed by atoms with van der Waals surface area (Å²) in [6, 6.07) is 20.0. The molecule has 3 heterocycles. The number of benzene rings is 2. The van der Waals surface area contributed by atoms with E-state index in [4.69, 9.17) is 5.73 Å². The number of nitrogens with zero attached hydrogens (tertiary/aromatic N) is 5. The quantitative estimate of drug-likeness (QED) is 0.371. The predicted molar refractivity (Wildman–Crippen MR) is 136 cm³/mol. The molecule has 2 aromatic carbocycles. The third-order valence-electron chi connectivity index (χ3n) is 6.05. The van der Waals surface area contributed by atoms with Crippen LogP contribution in [0.5, 0.6) is 0 Å². The normalized spacial score (nSPS) is 13.9. The van der Waals surface area contributed by atoms with Crippen LogP contribution < -0.4 is 21.3 Å². The largest absolute Gasteiger partial charge is 0.384 e. The molecule has 1 aliphatic heterocycles. The van der Waals surface area contributed by atoms with Crippen molar-refractivity contribution < 1.29 is 9.59 Å². The number of urea groups is 1. The fourth-order valence-electron chi connectivity index (χ4n) is 4.18. The maximum absolute atomic E-state index is 13.2. The Morgan fingerprint density at radius 2 is 1.94 bits per heavy atom. The second-order valence-electron chi connectivity index (χ2n) is 8.58. The number of hydrogen-bond donors (Lipinski definition) is 3. The summed E-state index contributed by atoms with van der Waals surface area (Å²) in [4.78, 5) is 31.2. The highest BCUT2D eigenvalue weighted by molar-refractivity contribution is 5.96. The highest BCUT2D eigenvalue weighted by atomic mass is 16.2. The molecule has 0 bridgehead atoms. The molecule has 0 aliphatic carbocycles. The van der Waals surface area contributed by atoms with Crippen molar-refractivity contribution in [3.63, 3.8) is 0 Å². The maximum Gasteiger partial charge on any atom is 0.321 e. The van der Waals surface area contributed by atoms with E-state index >= 15 is 0 Å². The van der Waals surface area contributed by atoms with Crippen LogP contribution in [0.2, 0.25) is 0 Å². The van der Waals surface area contributed by atoms with Crippen LogP contribution in [0.15, 0.2) is 72.9 Å². The number of aromatic nitrogens is 4. The molecule has 2 aromatic heterocycles. The summed E-state index contributed by atoms with van der Waals surface area (Å²) in [7, 11) is 0. The SMILES string of the molecule is CC(NC(=O)c1ccccc1Cn1cc(-c2cccc(N)n2)nn1)c1cccc(N2CCNC2=O)c1. The number of nitrogens with one attached hydrogen (secondary N) is 2. The van der Waals surface area contributed by atoms with Crippen molar-refractivity contribution in [3.05, 3.63) is 89.6 Å². The van der Waals surface area contributed by atoms with Gasteiger partial charge in [0.15, 0.2) is 0 Å². The molecule has 1 fully saturated rings. The Hall–Kier alpha value is -4.73. The van der Waals surface area contributed by atoms with E-state index in [0.717, 1.165) is 16.8 Å². The zero-order chi connectivity index (χ0) is 25.1. The van der Waals surface area contributed by atoms with Gasteiger partial charge in [-0.2, -0.15) is 0 Å². The van der Waals surface area contributed by atoms with Gasteiger partial charge in [0.25, 0.3) is 5.91 Å². The average Bonchev–Trinajstić information content (AvgIpc) is 3.53. The Morgan fingerprint density at radius 3 is 2.75 bits per heavy atom. The number of hydrogen-bond acceptors (Lipinski definition) is 6. The van der Waals surface area contributed by atoms with Gasteiger partial charge < -0.3 is 16.4 Å². The first-order valence-corrected chi connectivity index (χ1v) is 11.6. The summed E-state index contributed by atoms with van der Waals surface area (Å²) in [6.45, 7) is 3.53. The van der Waals surface area contributed by atoms with Crippen molar-refractivity contribution >= 4 is 23.4 Å². The van der Waals surface area contributed by atoms with Gasteiger partial charge in [-0.15, -0.1) is 5.10 Å². The molecule has 182 valence electrons. The van der Waals surface area contributed by atoms with E-state index in [1.807, 2.05) is 61.5 Å². The van der Waals surface area contributed by atoms with Crippen LogP contribution in [0, 0.1) is 0 Å². The van der Waals surface area contributed by atoms with Crippen LogP contribution in [0.4, 0.5) is 16.3 Å². The Bertz CT molecular complexity index is 1420. The summed E-state index contributed by atoms with van der Waals surface area (Å²) < 4.78 is 1.67. The summed E-state index contributed by atoms with van der Waals surface area (Å²) in [6.07, 6.45) is 1.78. The molecule has 4 N–H and O–H groups in total. The Balaban J connectivity index is 1.31. The minimum absolute atomic E-state index is 0.111. The van der Waals surface area contributed by atoms with E-state index in [0.29, 0.717) is 42.4 Å². The maximum atomic E-state index is 13.2. The molecule has 5 rings (SSSR count). The second kappa shape index (κ2) is 9.87. The van der Waals surface area contributed by atoms with Crippen molar-refractivity contribution in [2.24, 2.45) is 0 Å². The van der Waals surface area contributed by atoms with E-state index in [1.54, 1.807) is 27.9 Å². The Morgan fingerprint density at radius 1 is 1.11 bits per heavy atom. The lowest BCUT2D eigenvalue weighted by Crippen LogP contribution is -2.29.